The third kappa shape index (κ3) is 1.69. The smallest absolute Gasteiger partial charge is 0.132 e. The lowest BCUT2D eigenvalue weighted by molar-refractivity contribution is 0.462. The molecule has 60 valence electrons. The van der Waals surface area contributed by atoms with Gasteiger partial charge in [0.05, 0.1) is 0 Å². The molecule has 0 spiro atoms. The van der Waals surface area contributed by atoms with Gasteiger partial charge >= 0.3 is 0 Å². The van der Waals surface area contributed by atoms with Gasteiger partial charge in [-0.1, -0.05) is 11.6 Å². The minimum atomic E-state index is -0.812. The van der Waals surface area contributed by atoms with Gasteiger partial charge in [-0.05, 0) is 24.6 Å². The van der Waals surface area contributed by atoms with Gasteiger partial charge in [-0.2, -0.15) is 0 Å². The summed E-state index contributed by atoms with van der Waals surface area (Å²) in [7, 11) is 0. The molecule has 0 heterocycles. The molecule has 1 rings (SSSR count). The highest BCUT2D eigenvalue weighted by atomic mass is 35.5. The molecule has 0 aliphatic carbocycles. The van der Waals surface area contributed by atoms with E-state index < -0.39 is 12.5 Å². The average Bonchev–Trinajstić information content (AvgIpc) is 1.96. The fourth-order valence-electron chi connectivity index (χ4n) is 0.892. The minimum Gasteiger partial charge on any atom is -0.246 e. The van der Waals surface area contributed by atoms with Crippen LogP contribution in [-0.2, 0) is 6.67 Å². The van der Waals surface area contributed by atoms with E-state index >= 15 is 0 Å². The minimum absolute atomic E-state index is 0.0231. The molecule has 0 nitrogen and oxygen atoms in total. The van der Waals surface area contributed by atoms with Crippen molar-refractivity contribution >= 4 is 11.6 Å². The Hall–Kier alpha value is -0.630. The molecule has 0 aliphatic heterocycles. The second-order valence-corrected chi connectivity index (χ2v) is 2.77. The molecule has 0 aliphatic rings. The van der Waals surface area contributed by atoms with Crippen molar-refractivity contribution in [3.05, 3.63) is 34.1 Å². The molecule has 11 heavy (non-hydrogen) atoms. The Labute approximate surface area is 68.8 Å². The average molecular weight is 177 g/mol. The molecule has 1 aromatic rings. The van der Waals surface area contributed by atoms with Gasteiger partial charge in [-0.15, -0.1) is 0 Å². The Balaban J connectivity index is 3.24. The maximum atomic E-state index is 12.9. The lowest BCUT2D eigenvalue weighted by atomic mass is 10.1. The fraction of sp³-hybridized carbons (Fsp3) is 0.250. The number of hydrogen-bond donors (Lipinski definition) is 0. The van der Waals surface area contributed by atoms with E-state index in [1.165, 1.54) is 12.1 Å². The van der Waals surface area contributed by atoms with Crippen LogP contribution in [0.2, 0.25) is 5.02 Å². The number of benzene rings is 1. The van der Waals surface area contributed by atoms with Crippen molar-refractivity contribution in [2.24, 2.45) is 0 Å². The molecular weight excluding hydrogens is 170 g/mol. The molecule has 0 atom stereocenters. The van der Waals surface area contributed by atoms with Crippen LogP contribution in [0.1, 0.15) is 11.1 Å². The maximum Gasteiger partial charge on any atom is 0.132 e. The second kappa shape index (κ2) is 3.18. The third-order valence-corrected chi connectivity index (χ3v) is 1.66. The van der Waals surface area contributed by atoms with Gasteiger partial charge in [-0.25, -0.2) is 8.78 Å². The van der Waals surface area contributed by atoms with E-state index in [0.29, 0.717) is 10.6 Å². The summed E-state index contributed by atoms with van der Waals surface area (Å²) in [4.78, 5) is 0. The van der Waals surface area contributed by atoms with Crippen LogP contribution >= 0.6 is 11.6 Å². The zero-order chi connectivity index (χ0) is 8.43. The molecule has 0 saturated heterocycles. The summed E-state index contributed by atoms with van der Waals surface area (Å²) >= 11 is 5.57. The first-order valence-corrected chi connectivity index (χ1v) is 3.53. The summed E-state index contributed by atoms with van der Waals surface area (Å²) in [6.45, 7) is 0.744. The first-order valence-electron chi connectivity index (χ1n) is 3.15. The van der Waals surface area contributed by atoms with Crippen molar-refractivity contribution in [2.45, 2.75) is 13.6 Å². The normalized spacial score (nSPS) is 10.2. The summed E-state index contributed by atoms with van der Waals surface area (Å²) in [6.07, 6.45) is 0. The second-order valence-electron chi connectivity index (χ2n) is 2.33. The molecule has 1 aromatic carbocycles. The Morgan fingerprint density at radius 3 is 2.64 bits per heavy atom. The van der Waals surface area contributed by atoms with E-state index in [1.807, 2.05) is 0 Å². The van der Waals surface area contributed by atoms with E-state index in [2.05, 4.69) is 0 Å². The Bertz CT molecular complexity index is 271. The van der Waals surface area contributed by atoms with Gasteiger partial charge in [0.1, 0.15) is 12.5 Å². The highest BCUT2D eigenvalue weighted by Crippen LogP contribution is 2.19. The highest BCUT2D eigenvalue weighted by molar-refractivity contribution is 6.30. The number of aryl methyl sites for hydroxylation is 1. The molecule has 0 unspecified atom stereocenters. The molecule has 0 radical (unpaired) electrons. The lowest BCUT2D eigenvalue weighted by Gasteiger charge is -2.01. The predicted molar refractivity (Wildman–Crippen MR) is 41.0 cm³/mol. The van der Waals surface area contributed by atoms with Gasteiger partial charge in [0, 0.05) is 10.6 Å². The summed E-state index contributed by atoms with van der Waals surface area (Å²) in [5, 5.41) is 0.372. The molecule has 0 aromatic heterocycles. The van der Waals surface area contributed by atoms with Crippen LogP contribution in [0.25, 0.3) is 0 Å². The van der Waals surface area contributed by atoms with Gasteiger partial charge < -0.3 is 0 Å². The van der Waals surface area contributed by atoms with Crippen LogP contribution in [0, 0.1) is 12.7 Å². The summed E-state index contributed by atoms with van der Waals surface area (Å²) < 4.78 is 24.9. The molecule has 0 fully saturated rings. The maximum absolute atomic E-state index is 12.9. The topological polar surface area (TPSA) is 0 Å². The van der Waals surface area contributed by atoms with Gasteiger partial charge in [0.2, 0.25) is 0 Å². The Morgan fingerprint density at radius 2 is 2.09 bits per heavy atom. The summed E-state index contributed by atoms with van der Waals surface area (Å²) in [5.41, 5.74) is 0.403. The van der Waals surface area contributed by atoms with Crippen LogP contribution < -0.4 is 0 Å². The van der Waals surface area contributed by atoms with E-state index in [4.69, 9.17) is 11.6 Å². The number of hydrogen-bond acceptors (Lipinski definition) is 0. The van der Waals surface area contributed by atoms with Gasteiger partial charge in [0.15, 0.2) is 0 Å². The van der Waals surface area contributed by atoms with Crippen molar-refractivity contribution in [2.75, 3.05) is 0 Å². The molecule has 0 amide bonds. The highest BCUT2D eigenvalue weighted by Gasteiger charge is 2.05. The van der Waals surface area contributed by atoms with Crippen LogP contribution in [-0.4, -0.2) is 0 Å². The van der Waals surface area contributed by atoms with Crippen molar-refractivity contribution in [1.29, 1.82) is 0 Å². The summed E-state index contributed by atoms with van der Waals surface area (Å²) in [6, 6.07) is 2.76. The van der Waals surface area contributed by atoms with Crippen LogP contribution in [0.15, 0.2) is 12.1 Å². The standard InChI is InChI=1S/C8H7ClF2/c1-5-2-7(9)3-6(4-10)8(5)11/h2-3H,4H2,1H3. The van der Waals surface area contributed by atoms with Crippen molar-refractivity contribution in [1.82, 2.24) is 0 Å². The summed E-state index contributed by atoms with van der Waals surface area (Å²) in [5.74, 6) is -0.503. The zero-order valence-corrected chi connectivity index (χ0v) is 6.75. The van der Waals surface area contributed by atoms with Gasteiger partial charge in [0.25, 0.3) is 0 Å². The van der Waals surface area contributed by atoms with E-state index in [-0.39, 0.29) is 5.56 Å². The van der Waals surface area contributed by atoms with Crippen LogP contribution in [0.3, 0.4) is 0 Å². The Kier molecular flexibility index (Phi) is 2.45. The largest absolute Gasteiger partial charge is 0.246 e. The predicted octanol–water partition coefficient (Wildman–Crippen LogP) is 3.26. The van der Waals surface area contributed by atoms with Crippen molar-refractivity contribution in [3.63, 3.8) is 0 Å². The molecule has 0 N–H and O–H groups in total. The van der Waals surface area contributed by atoms with E-state index in [0.717, 1.165) is 0 Å². The molecular formula is C8H7ClF2. The zero-order valence-electron chi connectivity index (χ0n) is 6.00. The van der Waals surface area contributed by atoms with E-state index in [1.54, 1.807) is 6.92 Å². The van der Waals surface area contributed by atoms with Crippen LogP contribution in [0.5, 0.6) is 0 Å². The monoisotopic (exact) mass is 176 g/mol. The first kappa shape index (κ1) is 8.47. The number of alkyl halides is 1. The van der Waals surface area contributed by atoms with Gasteiger partial charge in [-0.3, -0.25) is 0 Å². The fourth-order valence-corrected chi connectivity index (χ4v) is 1.19. The number of halogens is 3. The quantitative estimate of drug-likeness (QED) is 0.616. The first-order chi connectivity index (χ1) is 5.15. The lowest BCUT2D eigenvalue weighted by Crippen LogP contribution is -1.90. The Morgan fingerprint density at radius 1 is 1.45 bits per heavy atom. The third-order valence-electron chi connectivity index (χ3n) is 1.44. The molecule has 0 saturated carbocycles. The molecule has 0 bridgehead atoms. The van der Waals surface area contributed by atoms with Crippen molar-refractivity contribution in [3.8, 4) is 0 Å². The number of rotatable bonds is 1. The van der Waals surface area contributed by atoms with E-state index in [9.17, 15) is 8.78 Å². The van der Waals surface area contributed by atoms with Crippen LogP contribution in [0.4, 0.5) is 8.78 Å². The molecule has 3 heteroatoms. The SMILES string of the molecule is Cc1cc(Cl)cc(CF)c1F. The van der Waals surface area contributed by atoms with Crippen molar-refractivity contribution < 1.29 is 8.78 Å².